The third-order valence-corrected chi connectivity index (χ3v) is 2.95. The molecule has 2 aromatic rings. The molecule has 0 saturated heterocycles. The summed E-state index contributed by atoms with van der Waals surface area (Å²) in [7, 11) is 0. The predicted molar refractivity (Wildman–Crippen MR) is 70.4 cm³/mol. The lowest BCUT2D eigenvalue weighted by atomic mass is 10.1. The van der Waals surface area contributed by atoms with E-state index >= 15 is 0 Å². The molecule has 7 heteroatoms. The molecular formula is C13H15F3N4. The highest BCUT2D eigenvalue weighted by molar-refractivity contribution is 5.48. The van der Waals surface area contributed by atoms with Gasteiger partial charge in [0.25, 0.3) is 0 Å². The van der Waals surface area contributed by atoms with E-state index in [9.17, 15) is 13.2 Å². The van der Waals surface area contributed by atoms with Crippen molar-refractivity contribution in [2.24, 2.45) is 5.73 Å². The van der Waals surface area contributed by atoms with Crippen molar-refractivity contribution in [3.63, 3.8) is 0 Å². The first-order valence-electron chi connectivity index (χ1n) is 6.13. The number of hydrogen-bond acceptors (Lipinski definition) is 3. The first kappa shape index (κ1) is 14.4. The number of aryl methyl sites for hydroxylation is 1. The maximum atomic E-state index is 12.7. The second-order valence-electron chi connectivity index (χ2n) is 4.41. The molecule has 1 heterocycles. The van der Waals surface area contributed by atoms with Gasteiger partial charge in [0.1, 0.15) is 5.82 Å². The molecule has 0 aliphatic rings. The molecule has 1 aromatic heterocycles. The quantitative estimate of drug-likeness (QED) is 0.905. The van der Waals surface area contributed by atoms with Crippen LogP contribution in [-0.4, -0.2) is 16.3 Å². The zero-order chi connectivity index (χ0) is 14.8. The minimum Gasteiger partial charge on any atom is -0.383 e. The summed E-state index contributed by atoms with van der Waals surface area (Å²) >= 11 is 0. The fourth-order valence-electron chi connectivity index (χ4n) is 1.90. The molecule has 4 N–H and O–H groups in total. The zero-order valence-electron chi connectivity index (χ0n) is 10.7. The smallest absolute Gasteiger partial charge is 0.383 e. The third kappa shape index (κ3) is 2.93. The third-order valence-electron chi connectivity index (χ3n) is 2.95. The molecule has 4 nitrogen and oxygen atoms in total. The Morgan fingerprint density at radius 3 is 2.65 bits per heavy atom. The zero-order valence-corrected chi connectivity index (χ0v) is 10.7. The Kier molecular flexibility index (Phi) is 3.99. The van der Waals surface area contributed by atoms with Gasteiger partial charge < -0.3 is 11.5 Å². The molecule has 0 radical (unpaired) electrons. The lowest BCUT2D eigenvalue weighted by Gasteiger charge is -2.10. The molecule has 0 amide bonds. The summed E-state index contributed by atoms with van der Waals surface area (Å²) in [6, 6.07) is 4.90. The van der Waals surface area contributed by atoms with Crippen LogP contribution in [-0.2, 0) is 12.6 Å². The van der Waals surface area contributed by atoms with Crippen molar-refractivity contribution in [3.8, 4) is 5.69 Å². The summed E-state index contributed by atoms with van der Waals surface area (Å²) in [5, 5.41) is 4.05. The molecule has 1 aromatic carbocycles. The van der Waals surface area contributed by atoms with E-state index < -0.39 is 11.7 Å². The minimum absolute atomic E-state index is 0.288. The van der Waals surface area contributed by atoms with Crippen molar-refractivity contribution in [1.82, 2.24) is 9.78 Å². The highest BCUT2D eigenvalue weighted by atomic mass is 19.4. The van der Waals surface area contributed by atoms with Crippen molar-refractivity contribution in [2.75, 3.05) is 12.3 Å². The van der Waals surface area contributed by atoms with Crippen molar-refractivity contribution < 1.29 is 13.2 Å². The molecule has 0 aliphatic heterocycles. The van der Waals surface area contributed by atoms with Gasteiger partial charge in [-0.15, -0.1) is 0 Å². The van der Waals surface area contributed by atoms with Crippen molar-refractivity contribution >= 4 is 5.82 Å². The van der Waals surface area contributed by atoms with Crippen LogP contribution in [0.15, 0.2) is 30.5 Å². The summed E-state index contributed by atoms with van der Waals surface area (Å²) in [4.78, 5) is 0. The molecular weight excluding hydrogens is 269 g/mol. The molecule has 2 rings (SSSR count). The maximum absolute atomic E-state index is 12.7. The molecule has 20 heavy (non-hydrogen) atoms. The lowest BCUT2D eigenvalue weighted by Crippen LogP contribution is -2.08. The Morgan fingerprint density at radius 2 is 2.00 bits per heavy atom. The second kappa shape index (κ2) is 5.54. The first-order chi connectivity index (χ1) is 9.43. The monoisotopic (exact) mass is 284 g/mol. The Morgan fingerprint density at radius 1 is 1.25 bits per heavy atom. The van der Waals surface area contributed by atoms with E-state index in [1.807, 2.05) is 0 Å². The first-order valence-corrected chi connectivity index (χ1v) is 6.13. The number of nitrogens with two attached hydrogens (primary N) is 2. The molecule has 0 saturated carbocycles. The van der Waals surface area contributed by atoms with Crippen molar-refractivity contribution in [3.05, 3.63) is 41.6 Å². The van der Waals surface area contributed by atoms with Gasteiger partial charge in [-0.3, -0.25) is 0 Å². The van der Waals surface area contributed by atoms with Gasteiger partial charge in [-0.1, -0.05) is 6.07 Å². The number of nitrogen functional groups attached to an aromatic ring is 1. The number of benzene rings is 1. The molecule has 0 bridgehead atoms. The number of nitrogens with zero attached hydrogens (tertiary/aromatic N) is 2. The predicted octanol–water partition coefficient (Wildman–Crippen LogP) is 2.36. The van der Waals surface area contributed by atoms with Crippen LogP contribution in [0.4, 0.5) is 19.0 Å². The maximum Gasteiger partial charge on any atom is 0.416 e. The fourth-order valence-corrected chi connectivity index (χ4v) is 1.90. The Labute approximate surface area is 114 Å². The number of hydrogen-bond donors (Lipinski definition) is 2. The van der Waals surface area contributed by atoms with Gasteiger partial charge >= 0.3 is 6.18 Å². The van der Waals surface area contributed by atoms with Gasteiger partial charge in [0.05, 0.1) is 17.4 Å². The average Bonchev–Trinajstić information content (AvgIpc) is 2.77. The van der Waals surface area contributed by atoms with E-state index in [1.165, 1.54) is 16.8 Å². The standard InChI is InChI=1S/C13H15F3N4/c14-13(15,16)10-4-1-5-11(7-10)20-12(18)9(8-19-20)3-2-6-17/h1,4-5,7-8H,2-3,6,17-18H2. The largest absolute Gasteiger partial charge is 0.416 e. The summed E-state index contributed by atoms with van der Waals surface area (Å²) < 4.78 is 39.3. The van der Waals surface area contributed by atoms with Gasteiger partial charge in [-0.2, -0.15) is 18.3 Å². The Hall–Kier alpha value is -2.02. The number of aromatic nitrogens is 2. The van der Waals surface area contributed by atoms with Crippen LogP contribution in [0.5, 0.6) is 0 Å². The fraction of sp³-hybridized carbons (Fsp3) is 0.308. The summed E-state index contributed by atoms with van der Waals surface area (Å²) in [6.07, 6.45) is -1.43. The van der Waals surface area contributed by atoms with Crippen molar-refractivity contribution in [2.45, 2.75) is 19.0 Å². The number of halogens is 3. The van der Waals surface area contributed by atoms with E-state index in [4.69, 9.17) is 11.5 Å². The van der Waals surface area contributed by atoms with Gasteiger partial charge in [-0.05, 0) is 37.6 Å². The molecule has 0 fully saturated rings. The summed E-state index contributed by atoms with van der Waals surface area (Å²) in [5.41, 5.74) is 11.7. The number of rotatable bonds is 4. The van der Waals surface area contributed by atoms with E-state index in [2.05, 4.69) is 5.10 Å². The number of alkyl halides is 3. The molecule has 0 unspecified atom stereocenters. The highest BCUT2D eigenvalue weighted by Crippen LogP contribution is 2.30. The van der Waals surface area contributed by atoms with E-state index in [-0.39, 0.29) is 5.69 Å². The molecule has 0 atom stereocenters. The van der Waals surface area contributed by atoms with Crippen LogP contribution in [0, 0.1) is 0 Å². The van der Waals surface area contributed by atoms with Gasteiger partial charge in [0.15, 0.2) is 0 Å². The van der Waals surface area contributed by atoms with E-state index in [0.29, 0.717) is 18.8 Å². The van der Waals surface area contributed by atoms with Crippen LogP contribution in [0.1, 0.15) is 17.5 Å². The van der Waals surface area contributed by atoms with Crippen LogP contribution in [0.3, 0.4) is 0 Å². The topological polar surface area (TPSA) is 69.9 Å². The van der Waals surface area contributed by atoms with E-state index in [0.717, 1.165) is 24.1 Å². The van der Waals surface area contributed by atoms with Crippen LogP contribution in [0.2, 0.25) is 0 Å². The van der Waals surface area contributed by atoms with Gasteiger partial charge in [-0.25, -0.2) is 4.68 Å². The molecule has 108 valence electrons. The van der Waals surface area contributed by atoms with Crippen LogP contribution < -0.4 is 11.5 Å². The average molecular weight is 284 g/mol. The van der Waals surface area contributed by atoms with Gasteiger partial charge in [0, 0.05) is 5.56 Å². The Bertz CT molecular complexity index is 590. The second-order valence-corrected chi connectivity index (χ2v) is 4.41. The SMILES string of the molecule is NCCCc1cnn(-c2cccc(C(F)(F)F)c2)c1N. The lowest BCUT2D eigenvalue weighted by molar-refractivity contribution is -0.137. The normalized spacial score (nSPS) is 11.8. The minimum atomic E-state index is -4.39. The Balaban J connectivity index is 2.35. The van der Waals surface area contributed by atoms with Crippen LogP contribution in [0.25, 0.3) is 5.69 Å². The van der Waals surface area contributed by atoms with Crippen molar-refractivity contribution in [1.29, 1.82) is 0 Å². The van der Waals surface area contributed by atoms with E-state index in [1.54, 1.807) is 6.20 Å². The number of anilines is 1. The highest BCUT2D eigenvalue weighted by Gasteiger charge is 2.30. The van der Waals surface area contributed by atoms with Gasteiger partial charge in [0.2, 0.25) is 0 Å². The van der Waals surface area contributed by atoms with Crippen LogP contribution >= 0.6 is 0 Å². The summed E-state index contributed by atoms with van der Waals surface area (Å²) in [6.45, 7) is 0.522. The molecule has 0 aliphatic carbocycles. The molecule has 0 spiro atoms. The summed E-state index contributed by atoms with van der Waals surface area (Å²) in [5.74, 6) is 0.345.